The van der Waals surface area contributed by atoms with E-state index in [9.17, 15) is 14.4 Å². The van der Waals surface area contributed by atoms with Gasteiger partial charge in [-0.2, -0.15) is 5.10 Å². The summed E-state index contributed by atoms with van der Waals surface area (Å²) in [6.07, 6.45) is 6.70. The Labute approximate surface area is 216 Å². The minimum atomic E-state index is -0.523. The molecule has 4 rings (SSSR count). The topological polar surface area (TPSA) is 108 Å². The second-order valence-electron chi connectivity index (χ2n) is 10.6. The van der Waals surface area contributed by atoms with Crippen LogP contribution in [0, 0.1) is 0 Å². The Morgan fingerprint density at radius 1 is 1.16 bits per heavy atom. The van der Waals surface area contributed by atoms with Crippen LogP contribution in [0.25, 0.3) is 10.9 Å². The quantitative estimate of drug-likeness (QED) is 0.548. The van der Waals surface area contributed by atoms with E-state index in [-0.39, 0.29) is 29.4 Å². The Bertz CT molecular complexity index is 1360. The number of hydrogen-bond acceptors (Lipinski definition) is 6. The van der Waals surface area contributed by atoms with E-state index in [1.165, 1.54) is 11.7 Å². The number of aryl methyl sites for hydroxylation is 1. The Morgan fingerprint density at radius 2 is 1.86 bits per heavy atom. The third kappa shape index (κ3) is 5.79. The number of aromatic nitrogens is 3. The zero-order chi connectivity index (χ0) is 26.9. The van der Waals surface area contributed by atoms with Gasteiger partial charge in [0.2, 0.25) is 0 Å². The third-order valence-electron chi connectivity index (χ3n) is 6.73. The molecule has 0 aliphatic heterocycles. The number of carbonyl (C=O) groups excluding carboxylic acids is 2. The molecule has 0 bridgehead atoms. The van der Waals surface area contributed by atoms with Crippen LogP contribution in [0.4, 0.5) is 10.5 Å². The lowest BCUT2D eigenvalue weighted by molar-refractivity contribution is 0.0173. The molecule has 0 atom stereocenters. The number of carbonyl (C=O) groups is 2. The molecule has 1 fully saturated rings. The molecule has 0 spiro atoms. The zero-order valence-electron chi connectivity index (χ0n) is 22.3. The highest BCUT2D eigenvalue weighted by Crippen LogP contribution is 2.33. The van der Waals surface area contributed by atoms with Crippen LogP contribution in [0.2, 0.25) is 0 Å². The van der Waals surface area contributed by atoms with E-state index in [2.05, 4.69) is 5.32 Å². The summed E-state index contributed by atoms with van der Waals surface area (Å²) in [5.41, 5.74) is 0.419. The number of pyridine rings is 1. The van der Waals surface area contributed by atoms with Crippen LogP contribution in [0.1, 0.15) is 62.9 Å². The van der Waals surface area contributed by atoms with Crippen molar-refractivity contribution in [3.63, 3.8) is 0 Å². The SMILES string of the molecule is COc1cc2nn(C3CCC(N(C)C(=O)OC(C)(C)C)CC3)cc2cc1C(=O)Nc1cccn(C)c1=O. The fraction of sp³-hybridized carbons (Fsp3) is 0.481. The van der Waals surface area contributed by atoms with Crippen molar-refractivity contribution >= 4 is 28.6 Å². The van der Waals surface area contributed by atoms with Crippen LogP contribution < -0.4 is 15.6 Å². The molecule has 2 amide bonds. The Balaban J connectivity index is 1.49. The molecular weight excluding hydrogens is 474 g/mol. The lowest BCUT2D eigenvalue weighted by Gasteiger charge is -2.35. The highest BCUT2D eigenvalue weighted by Gasteiger charge is 2.30. The molecule has 2 aromatic heterocycles. The number of nitrogens with one attached hydrogen (secondary N) is 1. The first-order valence-electron chi connectivity index (χ1n) is 12.5. The van der Waals surface area contributed by atoms with Crippen LogP contribution in [0.5, 0.6) is 5.75 Å². The molecule has 1 aliphatic rings. The van der Waals surface area contributed by atoms with Gasteiger partial charge in [0, 0.05) is 44.0 Å². The van der Waals surface area contributed by atoms with Gasteiger partial charge in [-0.1, -0.05) is 0 Å². The maximum Gasteiger partial charge on any atom is 0.410 e. The summed E-state index contributed by atoms with van der Waals surface area (Å²) in [4.78, 5) is 39.5. The Hall–Kier alpha value is -3.82. The van der Waals surface area contributed by atoms with Crippen molar-refractivity contribution < 1.29 is 19.1 Å². The first kappa shape index (κ1) is 26.2. The molecule has 0 radical (unpaired) electrons. The van der Waals surface area contributed by atoms with Crippen molar-refractivity contribution in [1.29, 1.82) is 0 Å². The molecule has 1 saturated carbocycles. The summed E-state index contributed by atoms with van der Waals surface area (Å²) in [6, 6.07) is 7.05. The van der Waals surface area contributed by atoms with E-state index in [0.29, 0.717) is 11.3 Å². The van der Waals surface area contributed by atoms with Crippen molar-refractivity contribution in [2.45, 2.75) is 64.1 Å². The molecule has 10 nitrogen and oxygen atoms in total. The van der Waals surface area contributed by atoms with Crippen molar-refractivity contribution in [3.8, 4) is 5.75 Å². The summed E-state index contributed by atoms with van der Waals surface area (Å²) in [5, 5.41) is 8.25. The molecule has 3 aromatic rings. The van der Waals surface area contributed by atoms with E-state index in [1.54, 1.807) is 49.5 Å². The lowest BCUT2D eigenvalue weighted by Crippen LogP contribution is -2.42. The van der Waals surface area contributed by atoms with Gasteiger partial charge < -0.3 is 24.3 Å². The van der Waals surface area contributed by atoms with Crippen molar-refractivity contribution in [3.05, 3.63) is 52.6 Å². The van der Waals surface area contributed by atoms with Gasteiger partial charge >= 0.3 is 6.09 Å². The van der Waals surface area contributed by atoms with Crippen molar-refractivity contribution in [2.75, 3.05) is 19.5 Å². The zero-order valence-corrected chi connectivity index (χ0v) is 22.3. The van der Waals surface area contributed by atoms with Gasteiger partial charge in [-0.05, 0) is 64.7 Å². The largest absolute Gasteiger partial charge is 0.496 e. The van der Waals surface area contributed by atoms with Gasteiger partial charge in [0.1, 0.15) is 17.0 Å². The molecular formula is C27H35N5O5. The van der Waals surface area contributed by atoms with Gasteiger partial charge in [-0.3, -0.25) is 14.3 Å². The van der Waals surface area contributed by atoms with Gasteiger partial charge in [-0.15, -0.1) is 0 Å². The molecule has 1 N–H and O–H groups in total. The molecule has 198 valence electrons. The van der Waals surface area contributed by atoms with E-state index < -0.39 is 11.5 Å². The number of ether oxygens (including phenoxy) is 2. The highest BCUT2D eigenvalue weighted by atomic mass is 16.6. The molecule has 1 aromatic carbocycles. The molecule has 0 saturated heterocycles. The molecule has 10 heteroatoms. The second-order valence-corrected chi connectivity index (χ2v) is 10.6. The van der Waals surface area contributed by atoms with Gasteiger partial charge in [0.05, 0.1) is 24.2 Å². The number of anilines is 1. The van der Waals surface area contributed by atoms with Crippen LogP contribution in [-0.2, 0) is 11.8 Å². The van der Waals surface area contributed by atoms with E-state index >= 15 is 0 Å². The first-order chi connectivity index (χ1) is 17.5. The van der Waals surface area contributed by atoms with Crippen molar-refractivity contribution in [1.82, 2.24) is 19.2 Å². The number of fused-ring (bicyclic) bond motifs is 1. The van der Waals surface area contributed by atoms with E-state index in [1.807, 2.05) is 31.6 Å². The Kier molecular flexibility index (Phi) is 7.29. The molecule has 2 heterocycles. The van der Waals surface area contributed by atoms with Gasteiger partial charge in [0.25, 0.3) is 11.5 Å². The number of nitrogens with zero attached hydrogens (tertiary/aromatic N) is 4. The minimum Gasteiger partial charge on any atom is -0.496 e. The first-order valence-corrected chi connectivity index (χ1v) is 12.5. The van der Waals surface area contributed by atoms with Crippen molar-refractivity contribution in [2.24, 2.45) is 7.05 Å². The number of hydrogen-bond donors (Lipinski definition) is 1. The van der Waals surface area contributed by atoms with Crippen LogP contribution in [-0.4, -0.2) is 57.0 Å². The molecule has 37 heavy (non-hydrogen) atoms. The summed E-state index contributed by atoms with van der Waals surface area (Å²) < 4.78 is 14.3. The third-order valence-corrected chi connectivity index (χ3v) is 6.73. The predicted octanol–water partition coefficient (Wildman–Crippen LogP) is 4.35. The summed E-state index contributed by atoms with van der Waals surface area (Å²) >= 11 is 0. The predicted molar refractivity (Wildman–Crippen MR) is 141 cm³/mol. The average molecular weight is 510 g/mol. The summed E-state index contributed by atoms with van der Waals surface area (Å²) in [7, 11) is 4.92. The van der Waals surface area contributed by atoms with Gasteiger partial charge in [0.15, 0.2) is 0 Å². The number of benzene rings is 1. The lowest BCUT2D eigenvalue weighted by atomic mass is 9.90. The van der Waals surface area contributed by atoms with Crippen LogP contribution in [0.15, 0.2) is 41.5 Å². The van der Waals surface area contributed by atoms with Crippen LogP contribution >= 0.6 is 0 Å². The maximum absolute atomic E-state index is 13.0. The Morgan fingerprint density at radius 3 is 2.51 bits per heavy atom. The monoisotopic (exact) mass is 509 g/mol. The fourth-order valence-electron chi connectivity index (χ4n) is 4.68. The number of methoxy groups -OCH3 is 1. The standard InChI is InChI=1S/C27H35N5O5/c1-27(2,3)37-26(35)31(5)18-9-11-19(12-10-18)32-16-17-14-20(23(36-6)15-22(17)29-32)24(33)28-21-8-7-13-30(4)25(21)34/h7-8,13-16,18-19H,9-12H2,1-6H3,(H,28,33). The summed E-state index contributed by atoms with van der Waals surface area (Å²) in [6.45, 7) is 5.60. The minimum absolute atomic E-state index is 0.122. The highest BCUT2D eigenvalue weighted by molar-refractivity contribution is 6.08. The normalized spacial score (nSPS) is 17.9. The number of rotatable bonds is 5. The maximum atomic E-state index is 13.0. The summed E-state index contributed by atoms with van der Waals surface area (Å²) in [5.74, 6) is -0.0498. The molecule has 0 unspecified atom stereocenters. The second kappa shape index (κ2) is 10.3. The smallest absolute Gasteiger partial charge is 0.410 e. The van der Waals surface area contributed by atoms with Crippen LogP contribution in [0.3, 0.4) is 0 Å². The number of amides is 2. The molecule has 1 aliphatic carbocycles. The fourth-order valence-corrected chi connectivity index (χ4v) is 4.68. The van der Waals surface area contributed by atoms with E-state index in [4.69, 9.17) is 14.6 Å². The average Bonchev–Trinajstić information content (AvgIpc) is 3.27. The van der Waals surface area contributed by atoms with Gasteiger partial charge in [-0.25, -0.2) is 4.79 Å². The van der Waals surface area contributed by atoms with E-state index in [0.717, 1.165) is 36.6 Å².